The van der Waals surface area contributed by atoms with Gasteiger partial charge in [0.15, 0.2) is 0 Å². The number of amides is 2. The van der Waals surface area contributed by atoms with Crippen LogP contribution in [0.2, 0.25) is 0 Å². The van der Waals surface area contributed by atoms with Gasteiger partial charge in [-0.3, -0.25) is 14.4 Å². The molecule has 2 N–H and O–H groups in total. The molecule has 4 rings (SSSR count). The second kappa shape index (κ2) is 9.32. The van der Waals surface area contributed by atoms with Gasteiger partial charge in [0.05, 0.1) is 29.7 Å². The van der Waals surface area contributed by atoms with E-state index in [1.54, 1.807) is 54.1 Å². The van der Waals surface area contributed by atoms with Crippen molar-refractivity contribution in [3.05, 3.63) is 64.2 Å². The van der Waals surface area contributed by atoms with Crippen molar-refractivity contribution < 1.29 is 14.3 Å². The number of rotatable bonds is 6. The maximum Gasteiger partial charge on any atom is 0.258 e. The van der Waals surface area contributed by atoms with Crippen LogP contribution in [0.4, 0.5) is 5.69 Å². The molecular weight excluding hydrogens is 416 g/mol. The number of para-hydroxylation sites is 1. The zero-order valence-corrected chi connectivity index (χ0v) is 17.8. The lowest BCUT2D eigenvalue weighted by Gasteiger charge is -2.22. The third kappa shape index (κ3) is 4.78. The fraction of sp³-hybridized carbons (Fsp3) is 0.273. The molecule has 0 radical (unpaired) electrons. The molecule has 0 atom stereocenters. The molecule has 160 valence electrons. The van der Waals surface area contributed by atoms with Gasteiger partial charge in [-0.1, -0.05) is 12.1 Å². The molecule has 0 bridgehead atoms. The molecule has 2 amide bonds. The summed E-state index contributed by atoms with van der Waals surface area (Å²) in [5.74, 6) is 0.795. The Morgan fingerprint density at radius 3 is 2.90 bits per heavy atom. The fourth-order valence-electron chi connectivity index (χ4n) is 3.38. The number of benzene rings is 2. The number of thioether (sulfide) groups is 1. The van der Waals surface area contributed by atoms with Crippen molar-refractivity contribution in [1.82, 2.24) is 14.9 Å². The lowest BCUT2D eigenvalue weighted by atomic mass is 10.1. The molecule has 1 aliphatic heterocycles. The second-order valence-corrected chi connectivity index (χ2v) is 8.24. The van der Waals surface area contributed by atoms with E-state index in [0.717, 1.165) is 4.90 Å². The number of carbonyl (C=O) groups excluding carboxylic acids is 2. The molecule has 2 heterocycles. The van der Waals surface area contributed by atoms with Gasteiger partial charge in [0.25, 0.3) is 11.5 Å². The second-order valence-electron chi connectivity index (χ2n) is 7.11. The van der Waals surface area contributed by atoms with Crippen LogP contribution in [-0.2, 0) is 16.1 Å². The quantitative estimate of drug-likeness (QED) is 0.613. The normalized spacial score (nSPS) is 13.4. The summed E-state index contributed by atoms with van der Waals surface area (Å²) in [6.45, 7) is 0.783. The van der Waals surface area contributed by atoms with Crippen LogP contribution in [0.3, 0.4) is 0 Å². The standard InChI is InChI=1S/C22H22N4O4S/c1-30-10-9-26(13-19-23-16-5-3-2-4-15(16)21(28)25-19)22(29)14-6-7-18-17(12-14)24-20(27)8-11-31-18/h2-7,12H,8-11,13H2,1H3,(H,24,27)(H,23,25,28). The monoisotopic (exact) mass is 438 g/mol. The zero-order chi connectivity index (χ0) is 21.8. The average molecular weight is 439 g/mol. The van der Waals surface area contributed by atoms with Gasteiger partial charge in [0.2, 0.25) is 5.91 Å². The van der Waals surface area contributed by atoms with E-state index >= 15 is 0 Å². The van der Waals surface area contributed by atoms with Crippen molar-refractivity contribution in [2.75, 3.05) is 31.3 Å². The molecular formula is C22H22N4O4S. The predicted molar refractivity (Wildman–Crippen MR) is 119 cm³/mol. The van der Waals surface area contributed by atoms with Crippen LogP contribution in [0.5, 0.6) is 0 Å². The van der Waals surface area contributed by atoms with Gasteiger partial charge in [0, 0.05) is 36.3 Å². The molecule has 0 fully saturated rings. The van der Waals surface area contributed by atoms with E-state index in [4.69, 9.17) is 4.74 Å². The van der Waals surface area contributed by atoms with Crippen molar-refractivity contribution >= 4 is 40.2 Å². The topological polar surface area (TPSA) is 104 Å². The number of aromatic nitrogens is 2. The van der Waals surface area contributed by atoms with Gasteiger partial charge < -0.3 is 19.9 Å². The van der Waals surface area contributed by atoms with Gasteiger partial charge in [-0.05, 0) is 30.3 Å². The van der Waals surface area contributed by atoms with Gasteiger partial charge >= 0.3 is 0 Å². The smallest absolute Gasteiger partial charge is 0.258 e. The summed E-state index contributed by atoms with van der Waals surface area (Å²) in [5.41, 5.74) is 1.41. The van der Waals surface area contributed by atoms with Crippen LogP contribution in [0.25, 0.3) is 10.9 Å². The molecule has 31 heavy (non-hydrogen) atoms. The number of anilines is 1. The number of H-pyrrole nitrogens is 1. The van der Waals surface area contributed by atoms with Crippen LogP contribution in [0.15, 0.2) is 52.2 Å². The largest absolute Gasteiger partial charge is 0.383 e. The lowest BCUT2D eigenvalue weighted by Crippen LogP contribution is -2.34. The van der Waals surface area contributed by atoms with E-state index < -0.39 is 0 Å². The Balaban J connectivity index is 1.63. The van der Waals surface area contributed by atoms with Gasteiger partial charge in [-0.2, -0.15) is 0 Å². The van der Waals surface area contributed by atoms with Crippen molar-refractivity contribution in [3.63, 3.8) is 0 Å². The summed E-state index contributed by atoms with van der Waals surface area (Å²) >= 11 is 1.58. The minimum Gasteiger partial charge on any atom is -0.383 e. The maximum atomic E-state index is 13.3. The molecule has 8 nitrogen and oxygen atoms in total. The first-order valence-corrected chi connectivity index (χ1v) is 10.9. The number of carbonyl (C=O) groups is 2. The number of methoxy groups -OCH3 is 1. The predicted octanol–water partition coefficient (Wildman–Crippen LogP) is 2.65. The third-order valence-electron chi connectivity index (χ3n) is 4.94. The van der Waals surface area contributed by atoms with Crippen LogP contribution in [-0.4, -0.2) is 52.7 Å². The first-order chi connectivity index (χ1) is 15.0. The Morgan fingerprint density at radius 2 is 2.06 bits per heavy atom. The molecule has 2 aromatic carbocycles. The van der Waals surface area contributed by atoms with Crippen molar-refractivity contribution in [3.8, 4) is 0 Å². The van der Waals surface area contributed by atoms with Crippen LogP contribution < -0.4 is 10.9 Å². The average Bonchev–Trinajstić information content (AvgIpc) is 2.96. The van der Waals surface area contributed by atoms with Crippen LogP contribution in [0.1, 0.15) is 22.6 Å². The summed E-state index contributed by atoms with van der Waals surface area (Å²) in [4.78, 5) is 47.4. The number of ether oxygens (including phenoxy) is 1. The summed E-state index contributed by atoms with van der Waals surface area (Å²) in [5, 5.41) is 3.36. The summed E-state index contributed by atoms with van der Waals surface area (Å²) in [6, 6.07) is 12.4. The molecule has 0 aliphatic carbocycles. The molecule has 0 spiro atoms. The minimum atomic E-state index is -0.246. The maximum absolute atomic E-state index is 13.3. The molecule has 9 heteroatoms. The van der Waals surface area contributed by atoms with Gasteiger partial charge in [-0.25, -0.2) is 4.98 Å². The van der Waals surface area contributed by atoms with Crippen molar-refractivity contribution in [1.29, 1.82) is 0 Å². The van der Waals surface area contributed by atoms with Gasteiger partial charge in [-0.15, -0.1) is 11.8 Å². The summed E-state index contributed by atoms with van der Waals surface area (Å²) < 4.78 is 5.16. The molecule has 0 saturated heterocycles. The number of nitrogens with one attached hydrogen (secondary N) is 2. The van der Waals surface area contributed by atoms with E-state index in [-0.39, 0.29) is 23.9 Å². The molecule has 1 aromatic heterocycles. The number of aromatic amines is 1. The van der Waals surface area contributed by atoms with E-state index in [1.807, 2.05) is 12.1 Å². The Labute approximate surface area is 183 Å². The highest BCUT2D eigenvalue weighted by molar-refractivity contribution is 7.99. The number of hydrogen-bond acceptors (Lipinski definition) is 6. The minimum absolute atomic E-state index is 0.0648. The summed E-state index contributed by atoms with van der Waals surface area (Å²) in [7, 11) is 1.56. The van der Waals surface area contributed by atoms with E-state index in [9.17, 15) is 14.4 Å². The number of fused-ring (bicyclic) bond motifs is 2. The van der Waals surface area contributed by atoms with E-state index in [1.165, 1.54) is 0 Å². The number of hydrogen-bond donors (Lipinski definition) is 2. The summed E-state index contributed by atoms with van der Waals surface area (Å²) in [6.07, 6.45) is 0.434. The van der Waals surface area contributed by atoms with Gasteiger partial charge in [0.1, 0.15) is 5.82 Å². The SMILES string of the molecule is COCCN(Cc1nc2ccccc2c(=O)[nH]1)C(=O)c1ccc2c(c1)NC(=O)CCS2. The Kier molecular flexibility index (Phi) is 6.34. The first kappa shape index (κ1) is 21.1. The molecule has 0 unspecified atom stereocenters. The highest BCUT2D eigenvalue weighted by Gasteiger charge is 2.21. The molecule has 0 saturated carbocycles. The molecule has 1 aliphatic rings. The van der Waals surface area contributed by atoms with Crippen molar-refractivity contribution in [2.24, 2.45) is 0 Å². The number of nitrogens with zero attached hydrogens (tertiary/aromatic N) is 2. The first-order valence-electron chi connectivity index (χ1n) is 9.88. The third-order valence-corrected chi connectivity index (χ3v) is 6.02. The lowest BCUT2D eigenvalue weighted by molar-refractivity contribution is -0.115. The van der Waals surface area contributed by atoms with Crippen LogP contribution >= 0.6 is 11.8 Å². The van der Waals surface area contributed by atoms with Crippen molar-refractivity contribution in [2.45, 2.75) is 17.9 Å². The Bertz CT molecular complexity index is 1190. The zero-order valence-electron chi connectivity index (χ0n) is 17.0. The van der Waals surface area contributed by atoms with E-state index in [2.05, 4.69) is 15.3 Å². The molecule has 3 aromatic rings. The van der Waals surface area contributed by atoms with E-state index in [0.29, 0.717) is 53.3 Å². The fourth-order valence-corrected chi connectivity index (χ4v) is 4.32. The Morgan fingerprint density at radius 1 is 1.23 bits per heavy atom. The highest BCUT2D eigenvalue weighted by atomic mass is 32.2. The highest BCUT2D eigenvalue weighted by Crippen LogP contribution is 2.31. The van der Waals surface area contributed by atoms with Crippen LogP contribution in [0, 0.1) is 0 Å². The Hall–Kier alpha value is -3.17.